The Balaban J connectivity index is 2.13. The van der Waals surface area contributed by atoms with E-state index in [1.807, 2.05) is 0 Å². The molecule has 2 rings (SSSR count). The summed E-state index contributed by atoms with van der Waals surface area (Å²) in [4.78, 5) is 0. The highest BCUT2D eigenvalue weighted by atomic mass is 14.5. The van der Waals surface area contributed by atoms with Gasteiger partial charge in [-0.15, -0.1) is 0 Å². The summed E-state index contributed by atoms with van der Waals surface area (Å²) < 4.78 is 0. The van der Waals surface area contributed by atoms with Crippen LogP contribution in [0.1, 0.15) is 12.8 Å². The predicted octanol–water partition coefficient (Wildman–Crippen LogP) is 2.19. The molecule has 0 N–H and O–H groups in total. The Morgan fingerprint density at radius 3 is 3.11 bits per heavy atom. The normalized spacial score (nSPS) is 46.0. The minimum atomic E-state index is 0.587. The Morgan fingerprint density at radius 1 is 1.56 bits per heavy atom. The minimum absolute atomic E-state index is 0.587. The molecule has 0 aromatic rings. The van der Waals surface area contributed by atoms with Crippen molar-refractivity contribution in [3.8, 4) is 0 Å². The number of fused-ring (bicyclic) bond motifs is 1. The molecule has 2 aliphatic carbocycles. The molecule has 0 amide bonds. The first-order valence-electron chi connectivity index (χ1n) is 3.61. The third kappa shape index (κ3) is 0.735. The Labute approximate surface area is 56.3 Å². The molecule has 0 bridgehead atoms. The van der Waals surface area contributed by atoms with Gasteiger partial charge in [0.15, 0.2) is 0 Å². The lowest BCUT2D eigenvalue weighted by atomic mass is 9.96. The van der Waals surface area contributed by atoms with Gasteiger partial charge >= 0.3 is 0 Å². The molecule has 0 heteroatoms. The second-order valence-corrected chi connectivity index (χ2v) is 3.05. The van der Waals surface area contributed by atoms with Gasteiger partial charge in [-0.05, 0) is 30.8 Å². The van der Waals surface area contributed by atoms with Crippen LogP contribution in [0.2, 0.25) is 0 Å². The summed E-state index contributed by atoms with van der Waals surface area (Å²) in [6.45, 7) is 3.69. The summed E-state index contributed by atoms with van der Waals surface area (Å²) in [6, 6.07) is 0. The van der Waals surface area contributed by atoms with Crippen LogP contribution < -0.4 is 0 Å². The van der Waals surface area contributed by atoms with E-state index in [0.717, 1.165) is 11.8 Å². The molecule has 9 heavy (non-hydrogen) atoms. The fourth-order valence-corrected chi connectivity index (χ4v) is 1.74. The summed E-state index contributed by atoms with van der Waals surface area (Å²) in [5, 5.41) is 0. The zero-order valence-corrected chi connectivity index (χ0v) is 5.51. The summed E-state index contributed by atoms with van der Waals surface area (Å²) >= 11 is 0. The van der Waals surface area contributed by atoms with Crippen LogP contribution in [0.3, 0.4) is 0 Å². The van der Waals surface area contributed by atoms with Crippen LogP contribution in [-0.4, -0.2) is 0 Å². The van der Waals surface area contributed by atoms with E-state index in [0.29, 0.717) is 5.92 Å². The van der Waals surface area contributed by atoms with Gasteiger partial charge in [0.25, 0.3) is 0 Å². The minimum Gasteiger partial charge on any atom is -0.0949 e. The number of hydrogen-bond donors (Lipinski definition) is 0. The van der Waals surface area contributed by atoms with E-state index in [9.17, 15) is 0 Å². The van der Waals surface area contributed by atoms with Gasteiger partial charge in [-0.25, -0.2) is 0 Å². The summed E-state index contributed by atoms with van der Waals surface area (Å²) in [5.41, 5.74) is 0. The number of rotatable bonds is 1. The van der Waals surface area contributed by atoms with Crippen molar-refractivity contribution in [2.75, 3.05) is 0 Å². The molecular weight excluding hydrogens is 108 g/mol. The van der Waals surface area contributed by atoms with Crippen LogP contribution in [0.5, 0.6) is 0 Å². The maximum Gasteiger partial charge on any atom is 0.00459 e. The molecule has 1 radical (unpaired) electrons. The van der Waals surface area contributed by atoms with Gasteiger partial charge in [0.1, 0.15) is 0 Å². The van der Waals surface area contributed by atoms with Crippen molar-refractivity contribution in [1.82, 2.24) is 0 Å². The van der Waals surface area contributed by atoms with Gasteiger partial charge in [0, 0.05) is 5.92 Å². The van der Waals surface area contributed by atoms with Crippen LogP contribution in [0.25, 0.3) is 0 Å². The Hall–Kier alpha value is -0.520. The van der Waals surface area contributed by atoms with E-state index < -0.39 is 0 Å². The average molecular weight is 119 g/mol. The predicted molar refractivity (Wildman–Crippen MR) is 37.7 cm³/mol. The summed E-state index contributed by atoms with van der Waals surface area (Å²) in [7, 11) is 0. The highest BCUT2D eigenvalue weighted by molar-refractivity contribution is 5.10. The molecule has 1 saturated carbocycles. The monoisotopic (exact) mass is 119 g/mol. The van der Waals surface area contributed by atoms with Crippen LogP contribution in [-0.2, 0) is 0 Å². The fourth-order valence-electron chi connectivity index (χ4n) is 1.74. The van der Waals surface area contributed by atoms with Gasteiger partial charge in [0.2, 0.25) is 0 Å². The highest BCUT2D eigenvalue weighted by Gasteiger charge is 2.41. The van der Waals surface area contributed by atoms with Crippen LogP contribution in [0, 0.1) is 23.8 Å². The zero-order chi connectivity index (χ0) is 6.27. The van der Waals surface area contributed by atoms with E-state index in [1.54, 1.807) is 0 Å². The molecule has 1 fully saturated rings. The van der Waals surface area contributed by atoms with Crippen LogP contribution in [0.4, 0.5) is 0 Å². The molecular formula is C9H11. The smallest absolute Gasteiger partial charge is 0.00459 e. The molecule has 0 heterocycles. The van der Waals surface area contributed by atoms with Gasteiger partial charge in [-0.3, -0.25) is 0 Å². The van der Waals surface area contributed by atoms with Crippen molar-refractivity contribution in [2.24, 2.45) is 17.8 Å². The van der Waals surface area contributed by atoms with Crippen molar-refractivity contribution in [3.63, 3.8) is 0 Å². The molecule has 47 valence electrons. The van der Waals surface area contributed by atoms with E-state index in [-0.39, 0.29) is 0 Å². The quantitative estimate of drug-likeness (QED) is 0.464. The third-order valence-electron chi connectivity index (χ3n) is 2.46. The molecule has 0 saturated heterocycles. The standard InChI is InChI=1S/C9H11/c1-2-7-4-3-5-8-6-9(7)8/h3-4,7-9H,1,5-6H2. The highest BCUT2D eigenvalue weighted by Crippen LogP contribution is 2.50. The first kappa shape index (κ1) is 5.28. The average Bonchev–Trinajstić information content (AvgIpc) is 2.64. The van der Waals surface area contributed by atoms with Crippen molar-refractivity contribution < 1.29 is 0 Å². The first-order valence-corrected chi connectivity index (χ1v) is 3.61. The van der Waals surface area contributed by atoms with Crippen LogP contribution >= 0.6 is 0 Å². The first-order chi connectivity index (χ1) is 4.42. The van der Waals surface area contributed by atoms with Gasteiger partial charge in [0.05, 0.1) is 0 Å². The third-order valence-corrected chi connectivity index (χ3v) is 2.46. The van der Waals surface area contributed by atoms with Gasteiger partial charge in [-0.1, -0.05) is 18.7 Å². The Bertz CT molecular complexity index is 155. The number of hydrogen-bond acceptors (Lipinski definition) is 0. The summed E-state index contributed by atoms with van der Waals surface area (Å²) in [5.74, 6) is 2.51. The molecule has 0 nitrogen and oxygen atoms in total. The molecule has 0 aromatic heterocycles. The number of allylic oxidation sites excluding steroid dienone is 3. The van der Waals surface area contributed by atoms with E-state index in [2.05, 4.69) is 24.8 Å². The summed E-state index contributed by atoms with van der Waals surface area (Å²) in [6.07, 6.45) is 10.3. The molecule has 0 aliphatic heterocycles. The van der Waals surface area contributed by atoms with Crippen molar-refractivity contribution in [2.45, 2.75) is 12.8 Å². The maximum absolute atomic E-state index is 3.69. The van der Waals surface area contributed by atoms with Crippen molar-refractivity contribution >= 4 is 0 Å². The van der Waals surface area contributed by atoms with Gasteiger partial charge < -0.3 is 0 Å². The molecule has 3 atom stereocenters. The van der Waals surface area contributed by atoms with E-state index in [1.165, 1.54) is 12.8 Å². The second-order valence-electron chi connectivity index (χ2n) is 3.05. The lowest BCUT2D eigenvalue weighted by Gasteiger charge is -2.08. The molecule has 3 unspecified atom stereocenters. The molecule has 0 aromatic carbocycles. The molecule has 2 aliphatic rings. The zero-order valence-electron chi connectivity index (χ0n) is 5.51. The Morgan fingerprint density at radius 2 is 2.44 bits per heavy atom. The van der Waals surface area contributed by atoms with Crippen LogP contribution in [0.15, 0.2) is 18.7 Å². The topological polar surface area (TPSA) is 0 Å². The van der Waals surface area contributed by atoms with Crippen molar-refractivity contribution in [3.05, 3.63) is 24.8 Å². The van der Waals surface area contributed by atoms with E-state index >= 15 is 0 Å². The largest absolute Gasteiger partial charge is 0.0949 e. The fraction of sp³-hybridized carbons (Fsp3) is 0.556. The maximum atomic E-state index is 3.69. The van der Waals surface area contributed by atoms with Crippen molar-refractivity contribution in [1.29, 1.82) is 0 Å². The molecule has 0 spiro atoms. The lowest BCUT2D eigenvalue weighted by molar-refractivity contribution is 0.581. The SMILES string of the molecule is C=[C]C1C=CCC2CC12. The van der Waals surface area contributed by atoms with E-state index in [4.69, 9.17) is 0 Å². The van der Waals surface area contributed by atoms with Gasteiger partial charge in [-0.2, -0.15) is 0 Å². The second kappa shape index (κ2) is 1.73. The Kier molecular flexibility index (Phi) is 1.01. The lowest BCUT2D eigenvalue weighted by Crippen LogP contribution is -2.00.